The predicted octanol–water partition coefficient (Wildman–Crippen LogP) is 4.48. The molecule has 0 aromatic carbocycles. The van der Waals surface area contributed by atoms with Gasteiger partial charge in [-0.25, -0.2) is 0 Å². The van der Waals surface area contributed by atoms with Crippen LogP contribution >= 0.6 is 72.6 Å². The summed E-state index contributed by atoms with van der Waals surface area (Å²) >= 11 is 18.7. The number of hydrogen-bond donors (Lipinski definition) is 0. The summed E-state index contributed by atoms with van der Waals surface area (Å²) < 4.78 is -0.368. The molecule has 0 heterocycles. The molecule has 0 bridgehead atoms. The van der Waals surface area contributed by atoms with E-state index in [0.717, 1.165) is 0 Å². The average molecular weight is 416 g/mol. The third-order valence-corrected chi connectivity index (χ3v) is 13.0. The Morgan fingerprint density at radius 2 is 1.42 bits per heavy atom. The topological polar surface area (TPSA) is 0 Å². The van der Waals surface area contributed by atoms with Crippen LogP contribution in [0.2, 0.25) is 10.2 Å². The number of hydrogen-bond acceptors (Lipinski definition) is 0. The van der Waals surface area contributed by atoms with E-state index in [1.54, 1.807) is 0 Å². The van der Waals surface area contributed by atoms with Crippen LogP contribution in [-0.2, 0) is 0 Å². The first-order valence-electron chi connectivity index (χ1n) is 2.88. The molecule has 70 valence electrons. The molecule has 0 aliphatic rings. The standard InChI is InChI=1S/C2H3B2Cl4.3ClH.Sn/c5-3(6)1-2-4(7)8;;;;/h1H,2H2;3*1H;/q;;;;+3/p-3. The molecule has 12 heavy (non-hydrogen) atoms. The van der Waals surface area contributed by atoms with E-state index in [0.29, 0.717) is 6.32 Å². The number of halogens is 7. The molecule has 0 N–H and O–H groups in total. The molecule has 0 spiro atoms. The van der Waals surface area contributed by atoms with E-state index in [1.807, 2.05) is 0 Å². The van der Waals surface area contributed by atoms with Gasteiger partial charge in [0.1, 0.15) is 0 Å². The normalized spacial score (nSPS) is 14.2. The molecule has 0 rings (SSSR count). The van der Waals surface area contributed by atoms with Crippen molar-refractivity contribution in [3.05, 3.63) is 0 Å². The quantitative estimate of drug-likeness (QED) is 0.594. The Hall–Kier alpha value is 2.96. The van der Waals surface area contributed by atoms with Crippen molar-refractivity contribution in [2.75, 3.05) is 0 Å². The van der Waals surface area contributed by atoms with Crippen molar-refractivity contribution >= 4 is 98.7 Å². The number of rotatable bonds is 4. The van der Waals surface area contributed by atoms with Gasteiger partial charge < -0.3 is 0 Å². The molecule has 0 aromatic rings. The van der Waals surface area contributed by atoms with Gasteiger partial charge in [0.05, 0.1) is 0 Å². The fourth-order valence-electron chi connectivity index (χ4n) is 0.571. The maximum atomic E-state index is 5.79. The van der Waals surface area contributed by atoms with Gasteiger partial charge in [0, 0.05) is 0 Å². The van der Waals surface area contributed by atoms with E-state index in [2.05, 4.69) is 0 Å². The first-order chi connectivity index (χ1) is 5.25. The van der Waals surface area contributed by atoms with E-state index < -0.39 is 26.1 Å². The summed E-state index contributed by atoms with van der Waals surface area (Å²) in [6.45, 7) is 0. The molecule has 0 radical (unpaired) electrons. The van der Waals surface area contributed by atoms with E-state index in [-0.39, 0.29) is 3.83 Å². The Kier molecular flexibility index (Phi) is 8.13. The van der Waals surface area contributed by atoms with Crippen LogP contribution in [0.3, 0.4) is 0 Å². The zero-order chi connectivity index (χ0) is 9.94. The van der Waals surface area contributed by atoms with Crippen molar-refractivity contribution in [1.29, 1.82) is 0 Å². The summed E-state index contributed by atoms with van der Waals surface area (Å²) in [6, 6.07) is 0. The van der Waals surface area contributed by atoms with E-state index in [1.165, 1.54) is 0 Å². The Labute approximate surface area is 107 Å². The second-order valence-corrected chi connectivity index (χ2v) is 25.6. The summed E-state index contributed by atoms with van der Waals surface area (Å²) in [5.41, 5.74) is -1.31. The second kappa shape index (κ2) is 6.52. The van der Waals surface area contributed by atoms with Crippen LogP contribution in [0.4, 0.5) is 0 Å². The summed E-state index contributed by atoms with van der Waals surface area (Å²) in [7, 11) is 17.4. The molecule has 10 heteroatoms. The first kappa shape index (κ1) is 15.0. The SMILES string of the molecule is ClB(Cl)C[CH](B(Cl)Cl)[Sn]([Cl])([Cl])[Cl]. The summed E-state index contributed by atoms with van der Waals surface area (Å²) in [5.74, 6) is 0. The maximum absolute atomic E-state index is 5.79. The van der Waals surface area contributed by atoms with Crippen molar-refractivity contribution in [1.82, 2.24) is 0 Å². The second-order valence-electron chi connectivity index (χ2n) is 2.11. The van der Waals surface area contributed by atoms with Crippen LogP contribution < -0.4 is 0 Å². The Morgan fingerprint density at radius 1 is 1.00 bits per heavy atom. The van der Waals surface area contributed by atoms with Gasteiger partial charge in [0.25, 0.3) is 0 Å². The Balaban J connectivity index is 4.25. The molecule has 0 aliphatic carbocycles. The van der Waals surface area contributed by atoms with Gasteiger partial charge in [-0.3, -0.25) is 0 Å². The van der Waals surface area contributed by atoms with Gasteiger partial charge in [-0.2, -0.15) is 0 Å². The summed E-state index contributed by atoms with van der Waals surface area (Å²) in [5, 5.41) is 0. The van der Waals surface area contributed by atoms with Gasteiger partial charge >= 0.3 is 109 Å². The molecule has 0 saturated heterocycles. The molecule has 0 fully saturated rings. The third kappa shape index (κ3) is 6.44. The molecule has 0 aliphatic heterocycles. The predicted molar refractivity (Wildman–Crippen MR) is 66.8 cm³/mol. The van der Waals surface area contributed by atoms with Crippen molar-refractivity contribution < 1.29 is 0 Å². The zero-order valence-corrected chi connectivity index (χ0v) is 13.7. The van der Waals surface area contributed by atoms with Gasteiger partial charge in [0.2, 0.25) is 0 Å². The van der Waals surface area contributed by atoms with Gasteiger partial charge in [-0.1, -0.05) is 0 Å². The molecule has 1 atom stereocenters. The summed E-state index contributed by atoms with van der Waals surface area (Å²) in [4.78, 5) is 0. The van der Waals surface area contributed by atoms with Crippen molar-refractivity contribution in [3.63, 3.8) is 0 Å². The molecular weight excluding hydrogens is 413 g/mol. The zero-order valence-electron chi connectivity index (χ0n) is 5.58. The van der Waals surface area contributed by atoms with Crippen LogP contribution in [0.15, 0.2) is 0 Å². The minimum atomic E-state index is -3.64. The molecule has 0 nitrogen and oxygen atoms in total. The summed E-state index contributed by atoms with van der Waals surface area (Å²) in [6.07, 6.45) is 0.327. The Morgan fingerprint density at radius 3 is 1.50 bits per heavy atom. The average Bonchev–Trinajstić information content (AvgIpc) is 1.79. The van der Waals surface area contributed by atoms with Crippen LogP contribution in [0, 0.1) is 0 Å². The van der Waals surface area contributed by atoms with E-state index >= 15 is 0 Å². The van der Waals surface area contributed by atoms with E-state index in [4.69, 9.17) is 72.6 Å². The molecular formula is C2H3B2Cl7Sn. The molecule has 0 saturated carbocycles. The first-order valence-corrected chi connectivity index (χ1v) is 17.1. The van der Waals surface area contributed by atoms with Crippen molar-refractivity contribution in [2.45, 2.75) is 10.2 Å². The van der Waals surface area contributed by atoms with Gasteiger partial charge in [-0.15, -0.1) is 0 Å². The van der Waals surface area contributed by atoms with Crippen LogP contribution in [0.25, 0.3) is 0 Å². The van der Waals surface area contributed by atoms with E-state index in [9.17, 15) is 0 Å². The van der Waals surface area contributed by atoms with Crippen LogP contribution in [0.5, 0.6) is 0 Å². The monoisotopic (exact) mass is 414 g/mol. The fraction of sp³-hybridized carbons (Fsp3) is 1.00. The van der Waals surface area contributed by atoms with Crippen LogP contribution in [0.1, 0.15) is 0 Å². The molecule has 1 unspecified atom stereocenters. The fourth-order valence-corrected chi connectivity index (χ4v) is 13.7. The Bertz CT molecular complexity index is 134. The van der Waals surface area contributed by atoms with Gasteiger partial charge in [-0.05, 0) is 0 Å². The van der Waals surface area contributed by atoms with Crippen LogP contribution in [-0.4, -0.2) is 26.1 Å². The molecule has 0 aromatic heterocycles. The van der Waals surface area contributed by atoms with Crippen molar-refractivity contribution in [2.24, 2.45) is 0 Å². The molecule has 0 amide bonds. The van der Waals surface area contributed by atoms with Gasteiger partial charge in [0.15, 0.2) is 0 Å². The third-order valence-electron chi connectivity index (χ3n) is 1.16. The minimum absolute atomic E-state index is 0.327. The van der Waals surface area contributed by atoms with Crippen molar-refractivity contribution in [3.8, 4) is 0 Å².